The number of anilines is 1. The lowest BCUT2D eigenvalue weighted by molar-refractivity contribution is -0.885. The average molecular weight is 417 g/mol. The van der Waals surface area contributed by atoms with Gasteiger partial charge in [0.05, 0.1) is 11.9 Å². The molecule has 0 aromatic heterocycles. The predicted molar refractivity (Wildman–Crippen MR) is 114 cm³/mol. The summed E-state index contributed by atoms with van der Waals surface area (Å²) in [6.45, 7) is 4.31. The van der Waals surface area contributed by atoms with Gasteiger partial charge < -0.3 is 10.2 Å². The van der Waals surface area contributed by atoms with Crippen LogP contribution in [0.1, 0.15) is 30.9 Å². The van der Waals surface area contributed by atoms with Crippen molar-refractivity contribution in [1.29, 1.82) is 0 Å². The van der Waals surface area contributed by atoms with Gasteiger partial charge in [-0.3, -0.25) is 4.79 Å². The number of nitrogens with zero attached hydrogens (tertiary/aromatic N) is 1. The fourth-order valence-electron chi connectivity index (χ4n) is 3.59. The predicted octanol–water partition coefficient (Wildman–Crippen LogP) is 1.69. The van der Waals surface area contributed by atoms with E-state index in [0.29, 0.717) is 25.3 Å². The molecule has 6 nitrogen and oxygen atoms in total. The van der Waals surface area contributed by atoms with Crippen LogP contribution in [-0.2, 0) is 27.8 Å². The van der Waals surface area contributed by atoms with Crippen LogP contribution in [0, 0.1) is 0 Å². The third-order valence-corrected chi connectivity index (χ3v) is 7.11. The third kappa shape index (κ3) is 5.65. The van der Waals surface area contributed by atoms with E-state index in [0.717, 1.165) is 30.7 Å². The Kier molecular flexibility index (Phi) is 7.05. The van der Waals surface area contributed by atoms with E-state index in [1.54, 1.807) is 24.3 Å². The van der Waals surface area contributed by atoms with Gasteiger partial charge in [0.15, 0.2) is 6.54 Å². The third-order valence-electron chi connectivity index (χ3n) is 5.22. The van der Waals surface area contributed by atoms with Crippen LogP contribution in [0.3, 0.4) is 0 Å². The molecule has 1 heterocycles. The Labute approximate surface area is 173 Å². The summed E-state index contributed by atoms with van der Waals surface area (Å²) in [4.78, 5) is 13.7. The highest BCUT2D eigenvalue weighted by Gasteiger charge is 2.27. The number of amides is 1. The van der Waals surface area contributed by atoms with Crippen molar-refractivity contribution in [3.05, 3.63) is 59.7 Å². The highest BCUT2D eigenvalue weighted by molar-refractivity contribution is 7.89. The molecule has 2 N–H and O–H groups in total. The first-order valence-electron chi connectivity index (χ1n) is 10.2. The second-order valence-corrected chi connectivity index (χ2v) is 9.61. The average Bonchev–Trinajstić information content (AvgIpc) is 3.24. The van der Waals surface area contributed by atoms with E-state index in [4.69, 9.17) is 0 Å². The minimum Gasteiger partial charge on any atom is -0.326 e. The SMILES string of the molecule is CCc1ccc(C[NH+](C)CC(=O)Nc2cccc(S(=O)(=O)N3CCCC3)c2)cc1. The second kappa shape index (κ2) is 9.52. The molecule has 2 aromatic carbocycles. The van der Waals surface area contributed by atoms with Crippen LogP contribution in [0.2, 0.25) is 0 Å². The normalized spacial score (nSPS) is 15.9. The number of aryl methyl sites for hydroxylation is 1. The molecule has 156 valence electrons. The largest absolute Gasteiger partial charge is 0.326 e. The summed E-state index contributed by atoms with van der Waals surface area (Å²) in [5.41, 5.74) is 2.99. The molecular weight excluding hydrogens is 386 g/mol. The van der Waals surface area contributed by atoms with Crippen LogP contribution < -0.4 is 10.2 Å². The first-order chi connectivity index (χ1) is 13.9. The molecule has 1 atom stereocenters. The van der Waals surface area contributed by atoms with E-state index in [1.807, 2.05) is 7.05 Å². The summed E-state index contributed by atoms with van der Waals surface area (Å²) in [6, 6.07) is 15.0. The number of sulfonamides is 1. The molecule has 1 fully saturated rings. The monoisotopic (exact) mass is 416 g/mol. The van der Waals surface area contributed by atoms with Gasteiger partial charge in [-0.1, -0.05) is 37.3 Å². The van der Waals surface area contributed by atoms with Gasteiger partial charge in [-0.15, -0.1) is 0 Å². The topological polar surface area (TPSA) is 70.9 Å². The van der Waals surface area contributed by atoms with Crippen molar-refractivity contribution in [1.82, 2.24) is 4.31 Å². The van der Waals surface area contributed by atoms with Crippen molar-refractivity contribution in [3.63, 3.8) is 0 Å². The molecule has 0 bridgehead atoms. The molecule has 0 spiro atoms. The number of nitrogens with one attached hydrogen (secondary N) is 2. The van der Waals surface area contributed by atoms with E-state index in [9.17, 15) is 13.2 Å². The molecule has 29 heavy (non-hydrogen) atoms. The molecule has 2 aromatic rings. The van der Waals surface area contributed by atoms with E-state index < -0.39 is 10.0 Å². The number of carbonyl (C=O) groups is 1. The summed E-state index contributed by atoms with van der Waals surface area (Å²) >= 11 is 0. The van der Waals surface area contributed by atoms with Crippen molar-refractivity contribution in [2.24, 2.45) is 0 Å². The van der Waals surface area contributed by atoms with Crippen LogP contribution in [0.4, 0.5) is 5.69 Å². The van der Waals surface area contributed by atoms with Gasteiger partial charge >= 0.3 is 0 Å². The van der Waals surface area contributed by atoms with Crippen LogP contribution in [0.15, 0.2) is 53.4 Å². The van der Waals surface area contributed by atoms with Crippen molar-refractivity contribution in [2.75, 3.05) is 32.0 Å². The Balaban J connectivity index is 1.58. The van der Waals surface area contributed by atoms with E-state index >= 15 is 0 Å². The van der Waals surface area contributed by atoms with Crippen molar-refractivity contribution < 1.29 is 18.1 Å². The summed E-state index contributed by atoms with van der Waals surface area (Å²) in [6.07, 6.45) is 2.80. The molecule has 3 rings (SSSR count). The number of benzene rings is 2. The fourth-order valence-corrected chi connectivity index (χ4v) is 5.16. The zero-order valence-corrected chi connectivity index (χ0v) is 18.0. The highest BCUT2D eigenvalue weighted by atomic mass is 32.2. The number of carbonyl (C=O) groups excluding carboxylic acids is 1. The number of hydrogen-bond acceptors (Lipinski definition) is 3. The molecule has 1 amide bonds. The van der Waals surface area contributed by atoms with Crippen LogP contribution in [0.25, 0.3) is 0 Å². The highest BCUT2D eigenvalue weighted by Crippen LogP contribution is 2.23. The maximum absolute atomic E-state index is 12.7. The molecule has 7 heteroatoms. The van der Waals surface area contributed by atoms with E-state index in [2.05, 4.69) is 36.5 Å². The summed E-state index contributed by atoms with van der Waals surface area (Å²) < 4.78 is 26.9. The second-order valence-electron chi connectivity index (χ2n) is 7.67. The van der Waals surface area contributed by atoms with Crippen LogP contribution >= 0.6 is 0 Å². The van der Waals surface area contributed by atoms with E-state index in [-0.39, 0.29) is 10.8 Å². The van der Waals surface area contributed by atoms with Crippen molar-refractivity contribution in [2.45, 2.75) is 37.6 Å². The maximum Gasteiger partial charge on any atom is 0.279 e. The molecule has 1 saturated heterocycles. The zero-order chi connectivity index (χ0) is 20.9. The zero-order valence-electron chi connectivity index (χ0n) is 17.1. The van der Waals surface area contributed by atoms with Crippen LogP contribution in [0.5, 0.6) is 0 Å². The Morgan fingerprint density at radius 1 is 1.07 bits per heavy atom. The number of likely N-dealkylation sites (N-methyl/N-ethyl adjacent to an activating group) is 1. The molecule has 0 saturated carbocycles. The molecule has 0 aliphatic carbocycles. The quantitative estimate of drug-likeness (QED) is 0.688. The van der Waals surface area contributed by atoms with Gasteiger partial charge in [-0.25, -0.2) is 8.42 Å². The molecule has 1 aliphatic heterocycles. The number of quaternary nitrogens is 1. The molecular formula is C22H30N3O3S+. The molecule has 0 radical (unpaired) electrons. The van der Waals surface area contributed by atoms with Crippen LogP contribution in [-0.4, -0.2) is 45.3 Å². The molecule has 1 aliphatic rings. The first-order valence-corrected chi connectivity index (χ1v) is 11.6. The van der Waals surface area contributed by atoms with Gasteiger partial charge in [-0.2, -0.15) is 4.31 Å². The lowest BCUT2D eigenvalue weighted by atomic mass is 10.1. The van der Waals surface area contributed by atoms with Gasteiger partial charge in [0.1, 0.15) is 6.54 Å². The summed E-state index contributed by atoms with van der Waals surface area (Å²) in [7, 11) is -1.52. The summed E-state index contributed by atoms with van der Waals surface area (Å²) in [5, 5.41) is 2.84. The number of rotatable bonds is 8. The first kappa shape index (κ1) is 21.5. The number of hydrogen-bond donors (Lipinski definition) is 2. The Bertz CT molecular complexity index is 936. The Hall–Kier alpha value is -2.22. The van der Waals surface area contributed by atoms with Crippen molar-refractivity contribution >= 4 is 21.6 Å². The minimum atomic E-state index is -3.49. The lowest BCUT2D eigenvalue weighted by Crippen LogP contribution is -3.08. The fraction of sp³-hybridized carbons (Fsp3) is 0.409. The van der Waals surface area contributed by atoms with Gasteiger partial charge in [0.2, 0.25) is 10.0 Å². The summed E-state index contributed by atoms with van der Waals surface area (Å²) in [5.74, 6) is -0.136. The van der Waals surface area contributed by atoms with Gasteiger partial charge in [0.25, 0.3) is 5.91 Å². The standard InChI is InChI=1S/C22H29N3O3S/c1-3-18-9-11-19(12-10-18)16-24(2)17-22(26)23-20-7-6-8-21(15-20)29(27,28)25-13-4-5-14-25/h6-12,15H,3-5,13-14,16-17H2,1-2H3,(H,23,26)/p+1. The maximum atomic E-state index is 12.7. The Morgan fingerprint density at radius 3 is 2.38 bits per heavy atom. The van der Waals surface area contributed by atoms with Gasteiger partial charge in [-0.05, 0) is 43.0 Å². The van der Waals surface area contributed by atoms with Gasteiger partial charge in [0, 0.05) is 24.3 Å². The smallest absolute Gasteiger partial charge is 0.279 e. The lowest BCUT2D eigenvalue weighted by Gasteiger charge is -2.17. The van der Waals surface area contributed by atoms with E-state index in [1.165, 1.54) is 15.4 Å². The minimum absolute atomic E-state index is 0.136. The van der Waals surface area contributed by atoms with Crippen molar-refractivity contribution in [3.8, 4) is 0 Å². The molecule has 1 unspecified atom stereocenters. The Morgan fingerprint density at radius 2 is 1.72 bits per heavy atom.